The molecule has 1 spiro atoms. The van der Waals surface area contributed by atoms with Crippen molar-refractivity contribution < 1.29 is 5.11 Å². The van der Waals surface area contributed by atoms with Gasteiger partial charge in [0.15, 0.2) is 0 Å². The lowest BCUT2D eigenvalue weighted by Crippen LogP contribution is -2.36. The zero-order chi connectivity index (χ0) is 12.3. The Balaban J connectivity index is 1.80. The highest BCUT2D eigenvalue weighted by atomic mass is 16.3. The first-order chi connectivity index (χ1) is 8.69. The Kier molecular flexibility index (Phi) is 2.12. The number of aromatic hydroxyl groups is 1. The summed E-state index contributed by atoms with van der Waals surface area (Å²) >= 11 is 0. The summed E-state index contributed by atoms with van der Waals surface area (Å²) in [5.74, 6) is 2.09. The number of benzene rings is 1. The van der Waals surface area contributed by atoms with Gasteiger partial charge in [-0.05, 0) is 73.2 Å². The van der Waals surface area contributed by atoms with E-state index in [4.69, 9.17) is 0 Å². The second-order valence-electron chi connectivity index (χ2n) is 6.64. The number of hydrogen-bond donors (Lipinski definition) is 1. The average molecular weight is 243 g/mol. The largest absolute Gasteiger partial charge is 0.508 e. The predicted octanol–water partition coefficient (Wildman–Crippen LogP) is 2.76. The zero-order valence-electron chi connectivity index (χ0n) is 11.0. The molecule has 96 valence electrons. The first kappa shape index (κ1) is 10.9. The van der Waals surface area contributed by atoms with Gasteiger partial charge in [0.1, 0.15) is 5.75 Å². The second kappa shape index (κ2) is 3.51. The summed E-state index contributed by atoms with van der Waals surface area (Å²) in [6.45, 7) is 2.58. The minimum absolute atomic E-state index is 0.433. The number of phenols is 1. The molecule has 1 aliphatic heterocycles. The van der Waals surface area contributed by atoms with Crippen LogP contribution in [0.25, 0.3) is 0 Å². The highest BCUT2D eigenvalue weighted by Crippen LogP contribution is 2.61. The number of aryl methyl sites for hydroxylation is 1. The first-order valence-corrected chi connectivity index (χ1v) is 7.19. The minimum Gasteiger partial charge on any atom is -0.508 e. The normalized spacial score (nSPS) is 38.3. The van der Waals surface area contributed by atoms with Crippen LogP contribution in [0.5, 0.6) is 5.75 Å². The standard InChI is InChI=1S/C16H21NO/c1-17-9-12-2-5-15-14-4-3-13(18)8-11(14)6-7-16(12,15)10-17/h3-4,8,12,15,18H,2,5-7,9-10H2,1H3. The number of phenolic OH excluding ortho intramolecular Hbond substituents is 1. The van der Waals surface area contributed by atoms with Gasteiger partial charge in [-0.25, -0.2) is 0 Å². The molecule has 2 fully saturated rings. The Hall–Kier alpha value is -1.02. The highest BCUT2D eigenvalue weighted by molar-refractivity contribution is 5.42. The SMILES string of the molecule is CN1CC2CCC3c4ccc(O)cc4CCC23C1. The summed E-state index contributed by atoms with van der Waals surface area (Å²) in [7, 11) is 2.27. The molecule has 1 saturated heterocycles. The van der Waals surface area contributed by atoms with Crippen molar-refractivity contribution in [1.82, 2.24) is 4.90 Å². The lowest BCUT2D eigenvalue weighted by Gasteiger charge is -2.41. The van der Waals surface area contributed by atoms with Crippen molar-refractivity contribution in [2.45, 2.75) is 31.6 Å². The van der Waals surface area contributed by atoms with Crippen LogP contribution < -0.4 is 0 Å². The maximum absolute atomic E-state index is 9.65. The first-order valence-electron chi connectivity index (χ1n) is 7.19. The fourth-order valence-electron chi connectivity index (χ4n) is 5.12. The molecule has 0 radical (unpaired) electrons. The van der Waals surface area contributed by atoms with E-state index in [0.717, 1.165) is 18.3 Å². The van der Waals surface area contributed by atoms with Gasteiger partial charge in [-0.3, -0.25) is 0 Å². The Morgan fingerprint density at radius 2 is 2.22 bits per heavy atom. The summed E-state index contributed by atoms with van der Waals surface area (Å²) in [5.41, 5.74) is 3.50. The van der Waals surface area contributed by atoms with Gasteiger partial charge in [0, 0.05) is 13.1 Å². The smallest absolute Gasteiger partial charge is 0.115 e. The molecule has 0 bridgehead atoms. The molecule has 0 aromatic heterocycles. The summed E-state index contributed by atoms with van der Waals surface area (Å²) in [6.07, 6.45) is 5.24. The number of hydrogen-bond acceptors (Lipinski definition) is 2. The van der Waals surface area contributed by atoms with Crippen LogP contribution >= 0.6 is 0 Å². The molecular weight excluding hydrogens is 222 g/mol. The Labute approximate surface area is 109 Å². The van der Waals surface area contributed by atoms with Crippen LogP contribution in [0.2, 0.25) is 0 Å². The van der Waals surface area contributed by atoms with E-state index in [1.165, 1.54) is 43.5 Å². The van der Waals surface area contributed by atoms with Crippen LogP contribution in [0.15, 0.2) is 18.2 Å². The zero-order valence-corrected chi connectivity index (χ0v) is 11.0. The Morgan fingerprint density at radius 3 is 3.11 bits per heavy atom. The molecule has 2 nitrogen and oxygen atoms in total. The molecule has 2 heteroatoms. The van der Waals surface area contributed by atoms with Crippen LogP contribution in [-0.4, -0.2) is 30.1 Å². The number of nitrogens with zero attached hydrogens (tertiary/aromatic N) is 1. The van der Waals surface area contributed by atoms with Gasteiger partial charge in [0.05, 0.1) is 0 Å². The van der Waals surface area contributed by atoms with E-state index in [0.29, 0.717) is 11.2 Å². The molecule has 1 heterocycles. The maximum Gasteiger partial charge on any atom is 0.115 e. The second-order valence-corrected chi connectivity index (χ2v) is 6.64. The highest BCUT2D eigenvalue weighted by Gasteiger charge is 2.56. The van der Waals surface area contributed by atoms with Gasteiger partial charge in [-0.1, -0.05) is 6.07 Å². The number of rotatable bonds is 0. The molecular formula is C16H21NO. The molecule has 0 amide bonds. The number of fused-ring (bicyclic) bond motifs is 2. The van der Waals surface area contributed by atoms with Crippen molar-refractivity contribution in [3.8, 4) is 5.75 Å². The fraction of sp³-hybridized carbons (Fsp3) is 0.625. The van der Waals surface area contributed by atoms with Crippen molar-refractivity contribution in [2.24, 2.45) is 11.3 Å². The quantitative estimate of drug-likeness (QED) is 0.757. The van der Waals surface area contributed by atoms with Gasteiger partial charge in [0.2, 0.25) is 0 Å². The van der Waals surface area contributed by atoms with Crippen LogP contribution in [0.4, 0.5) is 0 Å². The summed E-state index contributed by atoms with van der Waals surface area (Å²) in [5, 5.41) is 9.65. The molecule has 2 aliphatic carbocycles. The average Bonchev–Trinajstić information content (AvgIpc) is 2.82. The van der Waals surface area contributed by atoms with Gasteiger partial charge >= 0.3 is 0 Å². The van der Waals surface area contributed by atoms with Crippen LogP contribution in [0.1, 0.15) is 36.3 Å². The minimum atomic E-state index is 0.433. The molecule has 3 atom stereocenters. The van der Waals surface area contributed by atoms with E-state index in [1.54, 1.807) is 0 Å². The summed E-state index contributed by atoms with van der Waals surface area (Å²) in [6, 6.07) is 6.06. The third-order valence-electron chi connectivity index (χ3n) is 5.77. The van der Waals surface area contributed by atoms with Crippen molar-refractivity contribution in [2.75, 3.05) is 20.1 Å². The van der Waals surface area contributed by atoms with Crippen molar-refractivity contribution in [3.05, 3.63) is 29.3 Å². The van der Waals surface area contributed by atoms with Crippen molar-refractivity contribution >= 4 is 0 Å². The number of likely N-dealkylation sites (tertiary alicyclic amines) is 1. The maximum atomic E-state index is 9.65. The van der Waals surface area contributed by atoms with Crippen molar-refractivity contribution in [1.29, 1.82) is 0 Å². The van der Waals surface area contributed by atoms with E-state index in [-0.39, 0.29) is 0 Å². The van der Waals surface area contributed by atoms with E-state index >= 15 is 0 Å². The summed E-state index contributed by atoms with van der Waals surface area (Å²) < 4.78 is 0. The third-order valence-corrected chi connectivity index (χ3v) is 5.77. The monoisotopic (exact) mass is 243 g/mol. The van der Waals surface area contributed by atoms with Gasteiger partial charge in [0.25, 0.3) is 0 Å². The van der Waals surface area contributed by atoms with Crippen molar-refractivity contribution in [3.63, 3.8) is 0 Å². The molecule has 3 aliphatic rings. The van der Waals surface area contributed by atoms with E-state index < -0.39 is 0 Å². The topological polar surface area (TPSA) is 23.5 Å². The van der Waals surface area contributed by atoms with Gasteiger partial charge in [-0.15, -0.1) is 0 Å². The molecule has 4 rings (SSSR count). The molecule has 3 unspecified atom stereocenters. The van der Waals surface area contributed by atoms with E-state index in [9.17, 15) is 5.11 Å². The molecule has 1 saturated carbocycles. The van der Waals surface area contributed by atoms with Gasteiger partial charge < -0.3 is 10.0 Å². The third kappa shape index (κ3) is 1.27. The Bertz CT molecular complexity index is 498. The molecule has 1 N–H and O–H groups in total. The van der Waals surface area contributed by atoms with E-state index in [2.05, 4.69) is 18.0 Å². The lowest BCUT2D eigenvalue weighted by molar-refractivity contribution is 0.189. The predicted molar refractivity (Wildman–Crippen MR) is 71.8 cm³/mol. The lowest BCUT2D eigenvalue weighted by atomic mass is 9.63. The molecule has 18 heavy (non-hydrogen) atoms. The van der Waals surface area contributed by atoms with Crippen LogP contribution in [-0.2, 0) is 6.42 Å². The fourth-order valence-corrected chi connectivity index (χ4v) is 5.12. The molecule has 1 aromatic rings. The van der Waals surface area contributed by atoms with Crippen LogP contribution in [0.3, 0.4) is 0 Å². The molecule has 1 aromatic carbocycles. The van der Waals surface area contributed by atoms with Gasteiger partial charge in [-0.2, -0.15) is 0 Å². The van der Waals surface area contributed by atoms with E-state index in [1.807, 2.05) is 12.1 Å². The Morgan fingerprint density at radius 1 is 1.33 bits per heavy atom. The summed E-state index contributed by atoms with van der Waals surface area (Å²) in [4.78, 5) is 2.53. The van der Waals surface area contributed by atoms with Crippen LogP contribution in [0, 0.1) is 11.3 Å².